The zero-order valence-electron chi connectivity index (χ0n) is 29.9. The van der Waals surface area contributed by atoms with Crippen LogP contribution in [0.15, 0.2) is 207 Å². The van der Waals surface area contributed by atoms with E-state index in [0.29, 0.717) is 0 Å². The van der Waals surface area contributed by atoms with Crippen LogP contribution in [0.25, 0.3) is 27.8 Å². The molecule has 1 nitrogen and oxygen atoms in total. The molecule has 52 heavy (non-hydrogen) atoms. The Hall–Kier alpha value is -6.18. The van der Waals surface area contributed by atoms with Crippen LogP contribution in [0.1, 0.15) is 42.0 Å². The Morgan fingerprint density at radius 1 is 0.596 bits per heavy atom. The van der Waals surface area contributed by atoms with Gasteiger partial charge in [0.15, 0.2) is 0 Å². The van der Waals surface area contributed by atoms with E-state index in [0.717, 1.165) is 17.1 Å². The fraction of sp³-hybridized carbons (Fsp3) is 0.0980. The van der Waals surface area contributed by atoms with Crippen LogP contribution in [0.2, 0.25) is 0 Å². The number of hydrogen-bond donors (Lipinski definition) is 0. The minimum atomic E-state index is -0.366. The Bertz CT molecular complexity index is 2260. The molecule has 0 N–H and O–H groups in total. The van der Waals surface area contributed by atoms with Crippen molar-refractivity contribution in [1.29, 1.82) is 0 Å². The SMILES string of the molecule is C=C/C=C\C1=C(C)C2(c3cc(N(c4ccc(-c5ccccc5)cc4)c4ccc(-c5ccccc5)cc4)ccc31)c1ccccc1C(/C=C\C)C2C=C. The van der Waals surface area contributed by atoms with E-state index in [1.54, 1.807) is 0 Å². The van der Waals surface area contributed by atoms with E-state index in [9.17, 15) is 0 Å². The summed E-state index contributed by atoms with van der Waals surface area (Å²) in [6, 6.07) is 55.2. The molecule has 1 spiro atoms. The lowest BCUT2D eigenvalue weighted by Gasteiger charge is -2.37. The van der Waals surface area contributed by atoms with Crippen molar-refractivity contribution in [3.05, 3.63) is 229 Å². The van der Waals surface area contributed by atoms with Crippen LogP contribution in [0.4, 0.5) is 17.1 Å². The average molecular weight is 670 g/mol. The molecule has 3 unspecified atom stereocenters. The lowest BCUT2D eigenvalue weighted by molar-refractivity contribution is 0.459. The summed E-state index contributed by atoms with van der Waals surface area (Å²) in [4.78, 5) is 2.40. The van der Waals surface area contributed by atoms with Gasteiger partial charge in [0.1, 0.15) is 0 Å². The molecule has 0 fully saturated rings. The normalized spacial score (nSPS) is 19.0. The number of rotatable bonds is 9. The Morgan fingerprint density at radius 2 is 1.13 bits per heavy atom. The van der Waals surface area contributed by atoms with Gasteiger partial charge in [0.2, 0.25) is 0 Å². The summed E-state index contributed by atoms with van der Waals surface area (Å²) < 4.78 is 0. The van der Waals surface area contributed by atoms with Gasteiger partial charge in [-0.2, -0.15) is 0 Å². The van der Waals surface area contributed by atoms with E-state index < -0.39 is 0 Å². The molecular formula is C51H43N. The van der Waals surface area contributed by atoms with Gasteiger partial charge < -0.3 is 4.90 Å². The molecule has 252 valence electrons. The van der Waals surface area contributed by atoms with Crippen molar-refractivity contribution in [3.8, 4) is 22.3 Å². The minimum Gasteiger partial charge on any atom is -0.310 e. The van der Waals surface area contributed by atoms with E-state index in [-0.39, 0.29) is 17.3 Å². The molecule has 0 radical (unpaired) electrons. The Kier molecular flexibility index (Phi) is 8.79. The number of allylic oxidation sites excluding steroid dienone is 8. The molecule has 0 aromatic heterocycles. The molecule has 2 aliphatic rings. The zero-order chi connectivity index (χ0) is 35.7. The quantitative estimate of drug-likeness (QED) is 0.109. The first-order chi connectivity index (χ1) is 25.6. The highest BCUT2D eigenvalue weighted by atomic mass is 15.1. The largest absolute Gasteiger partial charge is 0.310 e. The predicted molar refractivity (Wildman–Crippen MR) is 222 cm³/mol. The number of nitrogens with zero attached hydrogens (tertiary/aromatic N) is 1. The molecule has 0 heterocycles. The summed E-state index contributed by atoms with van der Waals surface area (Å²) in [6.07, 6.45) is 12.9. The van der Waals surface area contributed by atoms with Crippen molar-refractivity contribution < 1.29 is 0 Å². The summed E-state index contributed by atoms with van der Waals surface area (Å²) in [5.41, 5.74) is 15.7. The molecule has 8 rings (SSSR count). The molecule has 0 saturated carbocycles. The average Bonchev–Trinajstić information content (AvgIpc) is 3.62. The fourth-order valence-corrected chi connectivity index (χ4v) is 8.86. The van der Waals surface area contributed by atoms with E-state index in [1.165, 1.54) is 55.7 Å². The third kappa shape index (κ3) is 5.33. The van der Waals surface area contributed by atoms with Gasteiger partial charge in [0.25, 0.3) is 0 Å². The first-order valence-electron chi connectivity index (χ1n) is 18.2. The van der Waals surface area contributed by atoms with Crippen LogP contribution in [0.5, 0.6) is 0 Å². The standard InChI is InChI=1S/C51H43N/c1-5-8-22-44-36(4)51(48(7-3)45(17-6-2)46-23-15-16-24-49(46)51)50-35-43(33-34-47(44)50)52(41-29-25-39(26-30-41)37-18-11-9-12-19-37)42-31-27-40(28-32-42)38-20-13-10-14-21-38/h5-35,45,48H,1,3H2,2,4H3/b17-6-,22-8-. The van der Waals surface area contributed by atoms with Crippen molar-refractivity contribution in [2.45, 2.75) is 25.2 Å². The third-order valence-electron chi connectivity index (χ3n) is 11.1. The predicted octanol–water partition coefficient (Wildman–Crippen LogP) is 13.8. The van der Waals surface area contributed by atoms with Gasteiger partial charge in [-0.15, -0.1) is 6.58 Å². The molecule has 1 heteroatoms. The number of fused-ring (bicyclic) bond motifs is 4. The van der Waals surface area contributed by atoms with Crippen LogP contribution in [0, 0.1) is 5.92 Å². The number of anilines is 3. The summed E-state index contributed by atoms with van der Waals surface area (Å²) in [5, 5.41) is 0. The van der Waals surface area contributed by atoms with Crippen molar-refractivity contribution in [2.75, 3.05) is 4.90 Å². The van der Waals surface area contributed by atoms with Crippen molar-refractivity contribution in [2.24, 2.45) is 5.92 Å². The Morgan fingerprint density at radius 3 is 1.69 bits per heavy atom. The van der Waals surface area contributed by atoms with Gasteiger partial charge in [-0.25, -0.2) is 0 Å². The second-order valence-corrected chi connectivity index (χ2v) is 13.7. The molecule has 3 atom stereocenters. The lowest BCUT2D eigenvalue weighted by atomic mass is 9.65. The number of benzene rings is 6. The summed E-state index contributed by atoms with van der Waals surface area (Å²) in [5.74, 6) is 0.369. The van der Waals surface area contributed by atoms with E-state index in [4.69, 9.17) is 0 Å². The summed E-state index contributed by atoms with van der Waals surface area (Å²) in [6.45, 7) is 13.0. The van der Waals surface area contributed by atoms with Gasteiger partial charge in [0.05, 0.1) is 0 Å². The highest BCUT2D eigenvalue weighted by Crippen LogP contribution is 2.64. The monoisotopic (exact) mass is 669 g/mol. The van der Waals surface area contributed by atoms with Crippen molar-refractivity contribution in [3.63, 3.8) is 0 Å². The molecule has 6 aromatic rings. The molecule has 0 amide bonds. The topological polar surface area (TPSA) is 3.24 Å². The maximum Gasteiger partial charge on any atom is 0.0498 e. The van der Waals surface area contributed by atoms with Crippen LogP contribution >= 0.6 is 0 Å². The summed E-state index contributed by atoms with van der Waals surface area (Å²) in [7, 11) is 0. The molecule has 2 aliphatic carbocycles. The van der Waals surface area contributed by atoms with E-state index in [1.807, 2.05) is 6.08 Å². The zero-order valence-corrected chi connectivity index (χ0v) is 29.9. The molecule has 0 bridgehead atoms. The third-order valence-corrected chi connectivity index (χ3v) is 11.1. The Labute approximate surface area is 308 Å². The van der Waals surface area contributed by atoms with Crippen molar-refractivity contribution in [1.82, 2.24) is 0 Å². The van der Waals surface area contributed by atoms with E-state index in [2.05, 4.69) is 214 Å². The van der Waals surface area contributed by atoms with Gasteiger partial charge in [-0.3, -0.25) is 0 Å². The fourth-order valence-electron chi connectivity index (χ4n) is 8.86. The Balaban J connectivity index is 1.34. The smallest absolute Gasteiger partial charge is 0.0498 e. The molecular weight excluding hydrogens is 627 g/mol. The van der Waals surface area contributed by atoms with Crippen LogP contribution in [-0.2, 0) is 5.41 Å². The first-order valence-corrected chi connectivity index (χ1v) is 18.2. The maximum absolute atomic E-state index is 4.49. The first kappa shape index (κ1) is 33.0. The number of hydrogen-bond acceptors (Lipinski definition) is 1. The second-order valence-electron chi connectivity index (χ2n) is 13.7. The van der Waals surface area contributed by atoms with Crippen LogP contribution < -0.4 is 4.90 Å². The van der Waals surface area contributed by atoms with Gasteiger partial charge >= 0.3 is 0 Å². The highest BCUT2D eigenvalue weighted by Gasteiger charge is 2.56. The van der Waals surface area contributed by atoms with E-state index >= 15 is 0 Å². The summed E-state index contributed by atoms with van der Waals surface area (Å²) >= 11 is 0. The molecule has 0 aliphatic heterocycles. The van der Waals surface area contributed by atoms with Crippen molar-refractivity contribution >= 4 is 22.6 Å². The molecule has 0 saturated heterocycles. The van der Waals surface area contributed by atoms with Gasteiger partial charge in [-0.05, 0) is 106 Å². The minimum absolute atomic E-state index is 0.147. The highest BCUT2D eigenvalue weighted by molar-refractivity contribution is 5.91. The molecule has 6 aromatic carbocycles. The van der Waals surface area contributed by atoms with Gasteiger partial charge in [0, 0.05) is 34.3 Å². The lowest BCUT2D eigenvalue weighted by Crippen LogP contribution is -2.33. The van der Waals surface area contributed by atoms with Gasteiger partial charge in [-0.1, -0.05) is 158 Å². The maximum atomic E-state index is 4.49. The van der Waals surface area contributed by atoms with Crippen LogP contribution in [0.3, 0.4) is 0 Å². The second kappa shape index (κ2) is 13.9. The van der Waals surface area contributed by atoms with Crippen LogP contribution in [-0.4, -0.2) is 0 Å².